The van der Waals surface area contributed by atoms with E-state index in [9.17, 15) is 15.0 Å². The fraction of sp³-hybridized carbons (Fsp3) is 0.455. The average molecular weight is 295 g/mol. The Bertz CT molecular complexity index is 589. The summed E-state index contributed by atoms with van der Waals surface area (Å²) in [6.07, 6.45) is -1.77. The Hall–Kier alpha value is -1.84. The quantitative estimate of drug-likeness (QED) is 0.750. The van der Waals surface area contributed by atoms with E-state index in [1.165, 1.54) is 21.0 Å². The number of amides is 1. The molecule has 0 aromatic carbocycles. The fourth-order valence-corrected chi connectivity index (χ4v) is 2.65. The number of aliphatic hydroxyl groups excluding tert-OH is 2. The van der Waals surface area contributed by atoms with Gasteiger partial charge in [0.05, 0.1) is 12.2 Å². The molecule has 106 valence electrons. The first-order valence-electron chi connectivity index (χ1n) is 6.08. The van der Waals surface area contributed by atoms with Crippen molar-refractivity contribution in [3.05, 3.63) is 16.8 Å². The smallest absolute Gasteiger partial charge is 0.246 e. The van der Waals surface area contributed by atoms with Crippen molar-refractivity contribution in [3.63, 3.8) is 0 Å². The van der Waals surface area contributed by atoms with Crippen LogP contribution in [0.15, 0.2) is 16.8 Å². The number of rotatable bonds is 3. The molecule has 9 heteroatoms. The third-order valence-corrected chi connectivity index (χ3v) is 3.80. The van der Waals surface area contributed by atoms with Crippen molar-refractivity contribution in [1.82, 2.24) is 25.1 Å². The summed E-state index contributed by atoms with van der Waals surface area (Å²) >= 11 is 1.53. The Labute approximate surface area is 118 Å². The molecule has 0 unspecified atom stereocenters. The minimum absolute atomic E-state index is 0.0590. The minimum Gasteiger partial charge on any atom is -0.388 e. The van der Waals surface area contributed by atoms with E-state index in [0.717, 1.165) is 5.56 Å². The van der Waals surface area contributed by atoms with Crippen LogP contribution >= 0.6 is 11.3 Å². The molecule has 0 bridgehead atoms. The Morgan fingerprint density at radius 1 is 1.40 bits per heavy atom. The van der Waals surface area contributed by atoms with E-state index < -0.39 is 12.2 Å². The van der Waals surface area contributed by atoms with Gasteiger partial charge >= 0.3 is 0 Å². The summed E-state index contributed by atoms with van der Waals surface area (Å²) < 4.78 is 0. The number of β-amino-alcohol motifs (C(OH)–C–C–N with tert-alkyl or cyclic N) is 2. The highest BCUT2D eigenvalue weighted by Crippen LogP contribution is 2.16. The number of nitrogens with zero attached hydrogens (tertiary/aromatic N) is 5. The summed E-state index contributed by atoms with van der Waals surface area (Å²) in [5.41, 5.74) is 0.862. The van der Waals surface area contributed by atoms with Gasteiger partial charge in [-0.05, 0) is 16.7 Å². The predicted octanol–water partition coefficient (Wildman–Crippen LogP) is -1.03. The lowest BCUT2D eigenvalue weighted by Crippen LogP contribution is -2.33. The monoisotopic (exact) mass is 295 g/mol. The number of thiophene rings is 1. The molecule has 0 saturated carbocycles. The highest BCUT2D eigenvalue weighted by atomic mass is 32.1. The molecular formula is C11H13N5O3S. The first-order chi connectivity index (χ1) is 9.63. The van der Waals surface area contributed by atoms with Crippen molar-refractivity contribution < 1.29 is 15.0 Å². The molecule has 2 atom stereocenters. The highest BCUT2D eigenvalue weighted by Gasteiger charge is 2.32. The Balaban J connectivity index is 1.65. The number of aromatic nitrogens is 4. The predicted molar refractivity (Wildman–Crippen MR) is 69.7 cm³/mol. The van der Waals surface area contributed by atoms with Gasteiger partial charge < -0.3 is 15.1 Å². The normalized spacial score (nSPS) is 22.4. The standard InChI is InChI=1S/C11H13N5O3S/c17-8-3-15(4-9(8)18)10(19)5-16-13-11(12-14-16)7-1-2-20-6-7/h1-2,6,8-9,17-18H,3-5H2/t8-,9+. The maximum Gasteiger partial charge on any atom is 0.246 e. The first kappa shape index (κ1) is 13.2. The van der Waals surface area contributed by atoms with Gasteiger partial charge in [-0.1, -0.05) is 0 Å². The van der Waals surface area contributed by atoms with E-state index in [0.29, 0.717) is 5.82 Å². The number of hydrogen-bond acceptors (Lipinski definition) is 7. The number of carbonyl (C=O) groups excluding carboxylic acids is 1. The van der Waals surface area contributed by atoms with Crippen LogP contribution in [0.2, 0.25) is 0 Å². The number of hydrogen-bond donors (Lipinski definition) is 2. The fourth-order valence-electron chi connectivity index (χ4n) is 2.01. The van der Waals surface area contributed by atoms with Crippen molar-refractivity contribution in [2.45, 2.75) is 18.8 Å². The zero-order chi connectivity index (χ0) is 14.1. The topological polar surface area (TPSA) is 104 Å². The highest BCUT2D eigenvalue weighted by molar-refractivity contribution is 7.08. The van der Waals surface area contributed by atoms with Gasteiger partial charge in [0.15, 0.2) is 0 Å². The van der Waals surface area contributed by atoms with Crippen LogP contribution in [0.5, 0.6) is 0 Å². The molecule has 3 rings (SSSR count). The maximum absolute atomic E-state index is 12.0. The SMILES string of the molecule is O=C(Cn1nnc(-c2ccsc2)n1)N1C[C@@H](O)[C@@H](O)C1. The summed E-state index contributed by atoms with van der Waals surface area (Å²) in [4.78, 5) is 14.6. The molecule has 0 spiro atoms. The van der Waals surface area contributed by atoms with E-state index in [-0.39, 0.29) is 25.5 Å². The zero-order valence-electron chi connectivity index (χ0n) is 10.5. The van der Waals surface area contributed by atoms with Gasteiger partial charge in [0, 0.05) is 24.0 Å². The van der Waals surface area contributed by atoms with Gasteiger partial charge in [0.2, 0.25) is 11.7 Å². The third kappa shape index (κ3) is 2.55. The second-order valence-corrected chi connectivity index (χ2v) is 5.37. The molecule has 1 aliphatic rings. The Morgan fingerprint density at radius 2 is 2.15 bits per heavy atom. The second kappa shape index (κ2) is 5.27. The second-order valence-electron chi connectivity index (χ2n) is 4.59. The first-order valence-corrected chi connectivity index (χ1v) is 7.02. The van der Waals surface area contributed by atoms with Gasteiger partial charge in [-0.3, -0.25) is 4.79 Å². The molecule has 1 saturated heterocycles. The van der Waals surface area contributed by atoms with Crippen LogP contribution < -0.4 is 0 Å². The largest absolute Gasteiger partial charge is 0.388 e. The van der Waals surface area contributed by atoms with Crippen LogP contribution in [0.25, 0.3) is 11.4 Å². The van der Waals surface area contributed by atoms with E-state index in [1.807, 2.05) is 16.8 Å². The lowest BCUT2D eigenvalue weighted by atomic mass is 10.3. The lowest BCUT2D eigenvalue weighted by molar-refractivity contribution is -0.131. The van der Waals surface area contributed by atoms with Gasteiger partial charge in [0.1, 0.15) is 6.54 Å². The number of carbonyl (C=O) groups is 1. The number of tetrazole rings is 1. The summed E-state index contributed by atoms with van der Waals surface area (Å²) in [7, 11) is 0. The van der Waals surface area contributed by atoms with Crippen LogP contribution in [0.1, 0.15) is 0 Å². The molecule has 2 aromatic heterocycles. The summed E-state index contributed by atoms with van der Waals surface area (Å²) in [6.45, 7) is 0.203. The van der Waals surface area contributed by atoms with Gasteiger partial charge in [-0.15, -0.1) is 10.2 Å². The van der Waals surface area contributed by atoms with E-state index in [1.54, 1.807) is 0 Å². The molecule has 20 heavy (non-hydrogen) atoms. The lowest BCUT2D eigenvalue weighted by Gasteiger charge is -2.14. The third-order valence-electron chi connectivity index (χ3n) is 3.12. The Kier molecular flexibility index (Phi) is 3.47. The van der Waals surface area contributed by atoms with Crippen LogP contribution in [-0.2, 0) is 11.3 Å². The molecule has 3 heterocycles. The van der Waals surface area contributed by atoms with E-state index >= 15 is 0 Å². The van der Waals surface area contributed by atoms with E-state index in [2.05, 4.69) is 15.4 Å². The summed E-state index contributed by atoms with van der Waals surface area (Å²) in [5, 5.41) is 34.5. The van der Waals surface area contributed by atoms with E-state index in [4.69, 9.17) is 0 Å². The van der Waals surface area contributed by atoms with Gasteiger partial charge in [-0.25, -0.2) is 0 Å². The van der Waals surface area contributed by atoms with Crippen LogP contribution in [0, 0.1) is 0 Å². The Morgan fingerprint density at radius 3 is 2.80 bits per heavy atom. The molecule has 8 nitrogen and oxygen atoms in total. The number of likely N-dealkylation sites (tertiary alicyclic amines) is 1. The van der Waals surface area contributed by atoms with Crippen molar-refractivity contribution in [2.75, 3.05) is 13.1 Å². The molecule has 1 aliphatic heterocycles. The van der Waals surface area contributed by atoms with Crippen molar-refractivity contribution in [2.24, 2.45) is 0 Å². The zero-order valence-corrected chi connectivity index (χ0v) is 11.3. The molecule has 1 amide bonds. The molecule has 0 radical (unpaired) electrons. The minimum atomic E-state index is -0.885. The molecule has 1 fully saturated rings. The van der Waals surface area contributed by atoms with Crippen molar-refractivity contribution >= 4 is 17.2 Å². The van der Waals surface area contributed by atoms with Crippen molar-refractivity contribution in [3.8, 4) is 11.4 Å². The summed E-state index contributed by atoms with van der Waals surface area (Å²) in [5.74, 6) is 0.218. The van der Waals surface area contributed by atoms with Crippen molar-refractivity contribution in [1.29, 1.82) is 0 Å². The maximum atomic E-state index is 12.0. The summed E-state index contributed by atoms with van der Waals surface area (Å²) in [6, 6.07) is 1.88. The van der Waals surface area contributed by atoms with Gasteiger partial charge in [-0.2, -0.15) is 16.1 Å². The van der Waals surface area contributed by atoms with Gasteiger partial charge in [0.25, 0.3) is 0 Å². The molecular weight excluding hydrogens is 282 g/mol. The molecule has 0 aliphatic carbocycles. The van der Waals surface area contributed by atoms with Crippen LogP contribution in [0.4, 0.5) is 0 Å². The number of aliphatic hydroxyl groups is 2. The van der Waals surface area contributed by atoms with Crippen LogP contribution in [-0.4, -0.2) is 66.5 Å². The van der Waals surface area contributed by atoms with Crippen LogP contribution in [0.3, 0.4) is 0 Å². The average Bonchev–Trinajstić information content (AvgIpc) is 3.11. The molecule has 2 aromatic rings. The molecule has 2 N–H and O–H groups in total.